The van der Waals surface area contributed by atoms with Crippen LogP contribution in [-0.4, -0.2) is 27.9 Å². The molecule has 0 saturated carbocycles. The van der Waals surface area contributed by atoms with E-state index in [0.29, 0.717) is 22.7 Å². The molecule has 20 heavy (non-hydrogen) atoms. The fourth-order valence-corrected chi connectivity index (χ4v) is 1.93. The van der Waals surface area contributed by atoms with Crippen molar-refractivity contribution in [1.29, 1.82) is 0 Å². The van der Waals surface area contributed by atoms with Crippen LogP contribution in [0.2, 0.25) is 0 Å². The molecule has 0 atom stereocenters. The second-order valence-corrected chi connectivity index (χ2v) is 6.02. The van der Waals surface area contributed by atoms with Gasteiger partial charge >= 0.3 is 0 Å². The van der Waals surface area contributed by atoms with Gasteiger partial charge in [0.1, 0.15) is 0 Å². The molecular weight excluding hydrogens is 254 g/mol. The van der Waals surface area contributed by atoms with Crippen molar-refractivity contribution in [2.75, 3.05) is 27.9 Å². The largest absolute Gasteiger partial charge is 0.493 e. The first-order valence-electron chi connectivity index (χ1n) is 6.91. The third kappa shape index (κ3) is 4.93. The zero-order valence-electron chi connectivity index (χ0n) is 13.5. The molecule has 1 aromatic carbocycles. The van der Waals surface area contributed by atoms with Crippen LogP contribution in [0, 0.1) is 5.41 Å². The van der Waals surface area contributed by atoms with Gasteiger partial charge in [-0.05, 0) is 36.1 Å². The average molecular weight is 281 g/mol. The van der Waals surface area contributed by atoms with Gasteiger partial charge in [0.05, 0.1) is 21.3 Å². The lowest BCUT2D eigenvalue weighted by Crippen LogP contribution is -2.20. The van der Waals surface area contributed by atoms with Crippen LogP contribution in [0.3, 0.4) is 0 Å². The minimum atomic E-state index is 0.349. The summed E-state index contributed by atoms with van der Waals surface area (Å²) in [6, 6.07) is 3.96. The maximum absolute atomic E-state index is 5.35. The Morgan fingerprint density at radius 3 is 1.90 bits per heavy atom. The number of methoxy groups -OCH3 is 3. The maximum Gasteiger partial charge on any atom is 0.203 e. The van der Waals surface area contributed by atoms with E-state index in [2.05, 4.69) is 26.1 Å². The summed E-state index contributed by atoms with van der Waals surface area (Å²) < 4.78 is 16.0. The van der Waals surface area contributed by atoms with Crippen molar-refractivity contribution in [2.45, 2.75) is 33.7 Å². The molecule has 0 fully saturated rings. The van der Waals surface area contributed by atoms with Crippen LogP contribution < -0.4 is 19.5 Å². The van der Waals surface area contributed by atoms with Crippen LogP contribution in [0.4, 0.5) is 0 Å². The van der Waals surface area contributed by atoms with E-state index in [1.165, 1.54) is 0 Å². The van der Waals surface area contributed by atoms with E-state index in [9.17, 15) is 0 Å². The Morgan fingerprint density at radius 1 is 0.950 bits per heavy atom. The van der Waals surface area contributed by atoms with Gasteiger partial charge in [0.15, 0.2) is 11.5 Å². The van der Waals surface area contributed by atoms with E-state index >= 15 is 0 Å². The van der Waals surface area contributed by atoms with Crippen molar-refractivity contribution in [2.24, 2.45) is 5.41 Å². The predicted molar refractivity (Wildman–Crippen MR) is 81.9 cm³/mol. The van der Waals surface area contributed by atoms with E-state index in [4.69, 9.17) is 14.2 Å². The number of hydrogen-bond acceptors (Lipinski definition) is 4. The van der Waals surface area contributed by atoms with Crippen molar-refractivity contribution in [3.63, 3.8) is 0 Å². The third-order valence-corrected chi connectivity index (χ3v) is 3.11. The van der Waals surface area contributed by atoms with E-state index in [1.807, 2.05) is 12.1 Å². The highest BCUT2D eigenvalue weighted by Crippen LogP contribution is 2.38. The van der Waals surface area contributed by atoms with Crippen LogP contribution in [-0.2, 0) is 6.54 Å². The monoisotopic (exact) mass is 281 g/mol. The van der Waals surface area contributed by atoms with Crippen LogP contribution >= 0.6 is 0 Å². The smallest absolute Gasteiger partial charge is 0.203 e. The van der Waals surface area contributed by atoms with Crippen LogP contribution in [0.1, 0.15) is 32.8 Å². The Labute approximate surface area is 122 Å². The molecule has 0 aromatic heterocycles. The summed E-state index contributed by atoms with van der Waals surface area (Å²) in [5.74, 6) is 2.02. The van der Waals surface area contributed by atoms with Crippen LogP contribution in [0.15, 0.2) is 12.1 Å². The minimum absolute atomic E-state index is 0.349. The number of benzene rings is 1. The molecule has 0 heterocycles. The Kier molecular flexibility index (Phi) is 6.14. The summed E-state index contributed by atoms with van der Waals surface area (Å²) in [6.45, 7) is 8.50. The first kappa shape index (κ1) is 16.6. The van der Waals surface area contributed by atoms with Crippen molar-refractivity contribution >= 4 is 0 Å². The Hall–Kier alpha value is -1.42. The lowest BCUT2D eigenvalue weighted by Gasteiger charge is -2.18. The van der Waals surface area contributed by atoms with Gasteiger partial charge in [-0.15, -0.1) is 0 Å². The molecule has 0 bridgehead atoms. The lowest BCUT2D eigenvalue weighted by molar-refractivity contribution is 0.323. The molecule has 114 valence electrons. The first-order valence-corrected chi connectivity index (χ1v) is 6.91. The number of ether oxygens (including phenoxy) is 3. The van der Waals surface area contributed by atoms with E-state index < -0.39 is 0 Å². The molecule has 0 aliphatic heterocycles. The fraction of sp³-hybridized carbons (Fsp3) is 0.625. The zero-order valence-corrected chi connectivity index (χ0v) is 13.5. The first-order chi connectivity index (χ1) is 9.41. The van der Waals surface area contributed by atoms with Crippen molar-refractivity contribution in [1.82, 2.24) is 5.32 Å². The van der Waals surface area contributed by atoms with Gasteiger partial charge in [0, 0.05) is 6.54 Å². The van der Waals surface area contributed by atoms with Gasteiger partial charge in [0.2, 0.25) is 5.75 Å². The summed E-state index contributed by atoms with van der Waals surface area (Å²) in [6.07, 6.45) is 1.14. The summed E-state index contributed by atoms with van der Waals surface area (Å²) in [5, 5.41) is 3.45. The maximum atomic E-state index is 5.35. The Morgan fingerprint density at radius 2 is 1.50 bits per heavy atom. The SMILES string of the molecule is COc1cc(CNCCC(C)(C)C)cc(OC)c1OC. The van der Waals surface area contributed by atoms with Crippen LogP contribution in [0.25, 0.3) is 0 Å². The molecule has 4 nitrogen and oxygen atoms in total. The minimum Gasteiger partial charge on any atom is -0.493 e. The molecule has 0 spiro atoms. The summed E-state index contributed by atoms with van der Waals surface area (Å²) in [7, 11) is 4.88. The molecule has 1 N–H and O–H groups in total. The molecular formula is C16H27NO3. The van der Waals surface area contributed by atoms with Gasteiger partial charge in [-0.3, -0.25) is 0 Å². The lowest BCUT2D eigenvalue weighted by atomic mass is 9.92. The predicted octanol–water partition coefficient (Wildman–Crippen LogP) is 3.24. The average Bonchev–Trinajstić information content (AvgIpc) is 2.41. The van der Waals surface area contributed by atoms with Crippen LogP contribution in [0.5, 0.6) is 17.2 Å². The highest BCUT2D eigenvalue weighted by atomic mass is 16.5. The quantitative estimate of drug-likeness (QED) is 0.779. The topological polar surface area (TPSA) is 39.7 Å². The zero-order chi connectivity index (χ0) is 15.2. The van der Waals surface area contributed by atoms with Crippen molar-refractivity contribution < 1.29 is 14.2 Å². The molecule has 0 radical (unpaired) electrons. The molecule has 0 aliphatic carbocycles. The standard InChI is InChI=1S/C16H27NO3/c1-16(2,3)7-8-17-11-12-9-13(18-4)15(20-6)14(10-12)19-5/h9-10,17H,7-8,11H2,1-6H3. The molecule has 4 heteroatoms. The second-order valence-electron chi connectivity index (χ2n) is 6.02. The molecule has 1 aromatic rings. The van der Waals surface area contributed by atoms with Gasteiger partial charge in [-0.1, -0.05) is 20.8 Å². The second kappa shape index (κ2) is 7.39. The fourth-order valence-electron chi connectivity index (χ4n) is 1.93. The summed E-state index contributed by atoms with van der Waals surface area (Å²) >= 11 is 0. The van der Waals surface area contributed by atoms with E-state index in [0.717, 1.165) is 25.1 Å². The molecule has 0 unspecified atom stereocenters. The third-order valence-electron chi connectivity index (χ3n) is 3.11. The van der Waals surface area contributed by atoms with E-state index in [-0.39, 0.29) is 0 Å². The van der Waals surface area contributed by atoms with Gasteiger partial charge in [-0.25, -0.2) is 0 Å². The van der Waals surface area contributed by atoms with Crippen molar-refractivity contribution in [3.8, 4) is 17.2 Å². The highest BCUT2D eigenvalue weighted by Gasteiger charge is 2.13. The normalized spacial score (nSPS) is 11.3. The summed E-state index contributed by atoms with van der Waals surface area (Å²) in [5.41, 5.74) is 1.47. The number of rotatable bonds is 7. The van der Waals surface area contributed by atoms with Gasteiger partial charge < -0.3 is 19.5 Å². The van der Waals surface area contributed by atoms with E-state index in [1.54, 1.807) is 21.3 Å². The highest BCUT2D eigenvalue weighted by molar-refractivity contribution is 5.53. The molecule has 0 amide bonds. The number of hydrogen-bond donors (Lipinski definition) is 1. The Balaban J connectivity index is 2.71. The molecule has 0 saturated heterocycles. The number of nitrogens with one attached hydrogen (secondary N) is 1. The Bertz CT molecular complexity index is 399. The molecule has 1 rings (SSSR count). The molecule has 0 aliphatic rings. The van der Waals surface area contributed by atoms with Crippen molar-refractivity contribution in [3.05, 3.63) is 17.7 Å². The van der Waals surface area contributed by atoms with Gasteiger partial charge in [-0.2, -0.15) is 0 Å². The summed E-state index contributed by atoms with van der Waals surface area (Å²) in [4.78, 5) is 0. The van der Waals surface area contributed by atoms with Gasteiger partial charge in [0.25, 0.3) is 0 Å².